The molecule has 9 heteroatoms. The summed E-state index contributed by atoms with van der Waals surface area (Å²) in [5, 5.41) is 20.2. The van der Waals surface area contributed by atoms with Gasteiger partial charge in [-0.15, -0.1) is 0 Å². The number of halogens is 1. The summed E-state index contributed by atoms with van der Waals surface area (Å²) in [6.45, 7) is 8.13. The van der Waals surface area contributed by atoms with Crippen LogP contribution >= 0.6 is 0 Å². The quantitative estimate of drug-likeness (QED) is 0.583. The molecule has 1 aromatic carbocycles. The van der Waals surface area contributed by atoms with Crippen molar-refractivity contribution in [3.63, 3.8) is 0 Å². The van der Waals surface area contributed by atoms with Crippen LogP contribution in [-0.2, 0) is 0 Å². The van der Waals surface area contributed by atoms with E-state index in [1.807, 2.05) is 25.3 Å². The fourth-order valence-corrected chi connectivity index (χ4v) is 4.83. The zero-order valence-corrected chi connectivity index (χ0v) is 19.1. The van der Waals surface area contributed by atoms with Gasteiger partial charge in [-0.05, 0) is 57.2 Å². The molecule has 2 saturated heterocycles. The van der Waals surface area contributed by atoms with Gasteiger partial charge in [0.2, 0.25) is 0 Å². The Morgan fingerprint density at radius 2 is 1.88 bits per heavy atom. The van der Waals surface area contributed by atoms with Crippen molar-refractivity contribution in [1.82, 2.24) is 19.5 Å². The number of anilines is 1. The molecule has 2 fully saturated rings. The monoisotopic (exact) mass is 459 g/mol. The number of piperidine rings is 1. The van der Waals surface area contributed by atoms with E-state index in [2.05, 4.69) is 11.5 Å². The van der Waals surface area contributed by atoms with Gasteiger partial charge < -0.3 is 9.80 Å². The molecule has 1 unspecified atom stereocenters. The lowest BCUT2D eigenvalue weighted by Crippen LogP contribution is -2.39. The van der Waals surface area contributed by atoms with Crippen LogP contribution in [-0.4, -0.2) is 45.0 Å². The molecule has 5 rings (SSSR count). The molecule has 2 aliphatic rings. The number of nitrogens with zero attached hydrogens (tertiary/aromatic N) is 7. The maximum Gasteiger partial charge on any atom is 0.257 e. The van der Waals surface area contributed by atoms with Crippen molar-refractivity contribution in [2.45, 2.75) is 45.1 Å². The van der Waals surface area contributed by atoms with E-state index >= 15 is 0 Å². The maximum absolute atomic E-state index is 14.5. The minimum Gasteiger partial charge on any atom is -0.356 e. The average Bonchev–Trinajstić information content (AvgIpc) is 3.54. The lowest BCUT2D eigenvalue weighted by molar-refractivity contribution is 0.0601. The first kappa shape index (κ1) is 23.2. The van der Waals surface area contributed by atoms with E-state index in [0.29, 0.717) is 6.54 Å². The standard InChI is InChI=1S/C24H25FN6O.CHN/c1-16-15-31-22(27-23(16)29-9-4-5-10-29)13-20(28-31)21-6-2-3-11-30(21)24(32)18-8-7-17(14-26)12-19(18)25;1-2/h7-8,12-13,15,21H,2-6,9-11H2,1H3;1H. The highest BCUT2D eigenvalue weighted by molar-refractivity contribution is 5.95. The molecule has 0 spiro atoms. The Labute approximate surface area is 197 Å². The predicted molar refractivity (Wildman–Crippen MR) is 125 cm³/mol. The van der Waals surface area contributed by atoms with Crippen LogP contribution in [0.15, 0.2) is 30.5 Å². The summed E-state index contributed by atoms with van der Waals surface area (Å²) in [4.78, 5) is 22.1. The lowest BCUT2D eigenvalue weighted by atomic mass is 9.98. The van der Waals surface area contributed by atoms with Gasteiger partial charge >= 0.3 is 0 Å². The van der Waals surface area contributed by atoms with Crippen LogP contribution in [0.1, 0.15) is 65.3 Å². The molecule has 2 aromatic heterocycles. The van der Waals surface area contributed by atoms with Crippen molar-refractivity contribution in [3.8, 4) is 12.6 Å². The minimum absolute atomic E-state index is 0.00930. The molecular weight excluding hydrogens is 433 g/mol. The van der Waals surface area contributed by atoms with Gasteiger partial charge in [-0.3, -0.25) is 4.79 Å². The van der Waals surface area contributed by atoms with Crippen LogP contribution in [0.3, 0.4) is 0 Å². The van der Waals surface area contributed by atoms with E-state index < -0.39 is 5.82 Å². The normalized spacial score (nSPS) is 17.8. The molecule has 0 N–H and O–H groups in total. The fraction of sp³-hybridized carbons (Fsp3) is 0.400. The number of fused-ring (bicyclic) bond motifs is 1. The number of amides is 1. The Morgan fingerprint density at radius 1 is 1.15 bits per heavy atom. The van der Waals surface area contributed by atoms with E-state index in [1.165, 1.54) is 25.0 Å². The SMILES string of the molecule is C#N.Cc1cn2nc(C3CCCCN3C(=O)c3ccc(C#N)cc3F)cc2nc1N1CCCC1. The number of aryl methyl sites for hydroxylation is 1. The largest absolute Gasteiger partial charge is 0.356 e. The predicted octanol–water partition coefficient (Wildman–Crippen LogP) is 4.16. The van der Waals surface area contributed by atoms with Crippen molar-refractivity contribution in [2.75, 3.05) is 24.5 Å². The number of hydrogen-bond donors (Lipinski definition) is 0. The Morgan fingerprint density at radius 3 is 2.59 bits per heavy atom. The van der Waals surface area contributed by atoms with E-state index in [9.17, 15) is 9.18 Å². The molecule has 1 amide bonds. The van der Waals surface area contributed by atoms with Crippen LogP contribution in [0.5, 0.6) is 0 Å². The number of carbonyl (C=O) groups excluding carboxylic acids is 1. The van der Waals surface area contributed by atoms with Gasteiger partial charge in [0.05, 0.1) is 28.9 Å². The molecule has 4 heterocycles. The summed E-state index contributed by atoms with van der Waals surface area (Å²) in [6, 6.07) is 7.62. The first-order valence-corrected chi connectivity index (χ1v) is 11.4. The van der Waals surface area contributed by atoms with Gasteiger partial charge in [0.15, 0.2) is 5.65 Å². The zero-order chi connectivity index (χ0) is 24.2. The van der Waals surface area contributed by atoms with Crippen LogP contribution in [0.2, 0.25) is 0 Å². The third-order valence-electron chi connectivity index (χ3n) is 6.46. The van der Waals surface area contributed by atoms with Crippen LogP contribution in [0.25, 0.3) is 5.65 Å². The van der Waals surface area contributed by atoms with Gasteiger partial charge in [-0.1, -0.05) is 0 Å². The van der Waals surface area contributed by atoms with Crippen molar-refractivity contribution < 1.29 is 9.18 Å². The number of aromatic nitrogens is 3. The van der Waals surface area contributed by atoms with Gasteiger partial charge in [0.25, 0.3) is 5.91 Å². The van der Waals surface area contributed by atoms with Gasteiger partial charge in [0, 0.05) is 44.0 Å². The smallest absolute Gasteiger partial charge is 0.257 e. The van der Waals surface area contributed by atoms with Gasteiger partial charge in [0.1, 0.15) is 11.6 Å². The molecule has 174 valence electrons. The van der Waals surface area contributed by atoms with Crippen LogP contribution in [0.4, 0.5) is 10.2 Å². The number of carbonyl (C=O) groups is 1. The number of hydrogen-bond acceptors (Lipinski definition) is 6. The van der Waals surface area contributed by atoms with Crippen molar-refractivity contribution in [3.05, 3.63) is 58.7 Å². The second-order valence-corrected chi connectivity index (χ2v) is 8.63. The van der Waals surface area contributed by atoms with E-state index in [-0.39, 0.29) is 23.1 Å². The Kier molecular flexibility index (Phi) is 6.74. The number of rotatable bonds is 3. The Hall–Kier alpha value is -3.98. The lowest BCUT2D eigenvalue weighted by Gasteiger charge is -2.34. The van der Waals surface area contributed by atoms with E-state index in [1.54, 1.807) is 9.42 Å². The van der Waals surface area contributed by atoms with Crippen molar-refractivity contribution in [1.29, 1.82) is 10.5 Å². The van der Waals surface area contributed by atoms with Gasteiger partial charge in [-0.2, -0.15) is 10.4 Å². The van der Waals surface area contributed by atoms with E-state index in [0.717, 1.165) is 61.1 Å². The summed E-state index contributed by atoms with van der Waals surface area (Å²) in [7, 11) is 0. The molecule has 8 nitrogen and oxygen atoms in total. The highest BCUT2D eigenvalue weighted by atomic mass is 19.1. The van der Waals surface area contributed by atoms with Crippen molar-refractivity contribution in [2.24, 2.45) is 0 Å². The number of likely N-dealkylation sites (tertiary alicyclic amines) is 1. The summed E-state index contributed by atoms with van der Waals surface area (Å²) in [5.74, 6) is -0.0331. The Bertz CT molecular complexity index is 1270. The summed E-state index contributed by atoms with van der Waals surface area (Å²) >= 11 is 0. The second-order valence-electron chi connectivity index (χ2n) is 8.63. The third kappa shape index (κ3) is 4.29. The highest BCUT2D eigenvalue weighted by Crippen LogP contribution is 2.33. The fourth-order valence-electron chi connectivity index (χ4n) is 4.83. The van der Waals surface area contributed by atoms with Crippen molar-refractivity contribution >= 4 is 17.4 Å². The molecular formula is C25H26FN7O. The first-order valence-electron chi connectivity index (χ1n) is 11.4. The molecule has 2 aliphatic heterocycles. The molecule has 0 radical (unpaired) electrons. The molecule has 0 bridgehead atoms. The molecule has 34 heavy (non-hydrogen) atoms. The topological polar surface area (TPSA) is 101 Å². The maximum atomic E-state index is 14.5. The van der Waals surface area contributed by atoms with Crippen LogP contribution < -0.4 is 4.90 Å². The van der Waals surface area contributed by atoms with Crippen LogP contribution in [0, 0.1) is 35.9 Å². The molecule has 1 atom stereocenters. The van der Waals surface area contributed by atoms with E-state index in [4.69, 9.17) is 20.6 Å². The molecule has 3 aromatic rings. The first-order chi connectivity index (χ1) is 16.5. The zero-order valence-electron chi connectivity index (χ0n) is 19.1. The molecule has 0 saturated carbocycles. The highest BCUT2D eigenvalue weighted by Gasteiger charge is 2.32. The molecule has 0 aliphatic carbocycles. The summed E-state index contributed by atoms with van der Waals surface area (Å²) < 4.78 is 16.3. The Balaban J connectivity index is 0.00000133. The second kappa shape index (κ2) is 9.88. The summed E-state index contributed by atoms with van der Waals surface area (Å²) in [5.41, 5.74) is 2.80. The summed E-state index contributed by atoms with van der Waals surface area (Å²) in [6.07, 6.45) is 6.97. The number of nitriles is 2. The van der Waals surface area contributed by atoms with Gasteiger partial charge in [-0.25, -0.2) is 19.2 Å². The number of benzene rings is 1. The average molecular weight is 460 g/mol. The third-order valence-corrected chi connectivity index (χ3v) is 6.46. The minimum atomic E-state index is -0.666.